The molecule has 0 aromatic heterocycles. The van der Waals surface area contributed by atoms with Crippen LogP contribution in [0.5, 0.6) is 0 Å². The molecule has 0 fully saturated rings. The number of benzene rings is 1. The zero-order valence-electron chi connectivity index (χ0n) is 9.78. The van der Waals surface area contributed by atoms with Crippen molar-refractivity contribution in [2.24, 2.45) is 0 Å². The lowest BCUT2D eigenvalue weighted by Gasteiger charge is -2.09. The van der Waals surface area contributed by atoms with Crippen LogP contribution in [-0.2, 0) is 20.6 Å². The van der Waals surface area contributed by atoms with E-state index in [4.69, 9.17) is 15.5 Å². The first kappa shape index (κ1) is 15.1. The number of nitriles is 1. The van der Waals surface area contributed by atoms with Gasteiger partial charge in [0.15, 0.2) is 6.10 Å². The fraction of sp³-hybridized carbons (Fsp3) is 0.273. The van der Waals surface area contributed by atoms with Gasteiger partial charge in [0.05, 0.1) is 17.4 Å². The molecule has 7 nitrogen and oxygen atoms in total. The van der Waals surface area contributed by atoms with Gasteiger partial charge in [-0.3, -0.25) is 0 Å². The van der Waals surface area contributed by atoms with Gasteiger partial charge in [-0.25, -0.2) is 17.9 Å². The first-order valence-electron chi connectivity index (χ1n) is 5.22. The lowest BCUT2D eigenvalue weighted by molar-refractivity contribution is -0.146. The van der Waals surface area contributed by atoms with Crippen molar-refractivity contribution in [2.75, 3.05) is 6.54 Å². The minimum Gasteiger partial charge on any atom is -0.479 e. The standard InChI is InChI=1S/C11H12N2O5S/c12-5-8-3-1-2-4-9(8)7-19(17,18)13-6-10(14)11(15)16/h1-4,10,13-14H,6-7H2,(H,15,16). The van der Waals surface area contributed by atoms with Crippen LogP contribution in [0.4, 0.5) is 0 Å². The molecule has 0 aliphatic carbocycles. The molecule has 0 saturated carbocycles. The highest BCUT2D eigenvalue weighted by Gasteiger charge is 2.19. The molecule has 19 heavy (non-hydrogen) atoms. The van der Waals surface area contributed by atoms with Gasteiger partial charge in [-0.05, 0) is 11.6 Å². The number of carboxylic acid groups (broad SMARTS) is 1. The van der Waals surface area contributed by atoms with Crippen LogP contribution in [0.2, 0.25) is 0 Å². The highest BCUT2D eigenvalue weighted by atomic mass is 32.2. The highest BCUT2D eigenvalue weighted by Crippen LogP contribution is 2.10. The summed E-state index contributed by atoms with van der Waals surface area (Å²) in [7, 11) is -3.82. The van der Waals surface area contributed by atoms with Crippen molar-refractivity contribution >= 4 is 16.0 Å². The Morgan fingerprint density at radius 1 is 1.42 bits per heavy atom. The largest absolute Gasteiger partial charge is 0.479 e. The molecule has 0 spiro atoms. The second kappa shape index (κ2) is 6.29. The topological polar surface area (TPSA) is 127 Å². The first-order valence-corrected chi connectivity index (χ1v) is 6.87. The van der Waals surface area contributed by atoms with Gasteiger partial charge in [-0.15, -0.1) is 0 Å². The molecule has 1 aromatic rings. The maximum absolute atomic E-state index is 11.7. The molecule has 1 atom stereocenters. The van der Waals surface area contributed by atoms with Crippen LogP contribution in [0, 0.1) is 11.3 Å². The lowest BCUT2D eigenvalue weighted by Crippen LogP contribution is -2.37. The third kappa shape index (κ3) is 4.67. The van der Waals surface area contributed by atoms with Gasteiger partial charge in [0.2, 0.25) is 10.0 Å². The smallest absolute Gasteiger partial charge is 0.333 e. The number of hydrogen-bond donors (Lipinski definition) is 3. The first-order chi connectivity index (χ1) is 8.85. The fourth-order valence-corrected chi connectivity index (χ4v) is 2.48. The maximum Gasteiger partial charge on any atom is 0.333 e. The average molecular weight is 284 g/mol. The number of sulfonamides is 1. The van der Waals surface area contributed by atoms with Crippen molar-refractivity contribution in [3.05, 3.63) is 35.4 Å². The van der Waals surface area contributed by atoms with E-state index in [1.165, 1.54) is 12.1 Å². The Morgan fingerprint density at radius 2 is 2.05 bits per heavy atom. The molecule has 1 aromatic carbocycles. The minimum absolute atomic E-state index is 0.228. The van der Waals surface area contributed by atoms with E-state index >= 15 is 0 Å². The number of aliphatic carboxylic acids is 1. The summed E-state index contributed by atoms with van der Waals surface area (Å²) in [5.41, 5.74) is 0.536. The van der Waals surface area contributed by atoms with Gasteiger partial charge in [0.25, 0.3) is 0 Å². The van der Waals surface area contributed by atoms with E-state index < -0.39 is 34.4 Å². The molecule has 0 aliphatic heterocycles. The number of nitrogens with zero attached hydrogens (tertiary/aromatic N) is 1. The third-order valence-corrected chi connectivity index (χ3v) is 3.56. The Labute approximate surface area is 110 Å². The van der Waals surface area contributed by atoms with Crippen molar-refractivity contribution in [1.82, 2.24) is 4.72 Å². The van der Waals surface area contributed by atoms with Gasteiger partial charge in [0.1, 0.15) is 0 Å². The van der Waals surface area contributed by atoms with Crippen molar-refractivity contribution in [2.45, 2.75) is 11.9 Å². The predicted molar refractivity (Wildman–Crippen MR) is 65.4 cm³/mol. The normalized spacial score (nSPS) is 12.6. The number of carboxylic acids is 1. The monoisotopic (exact) mass is 284 g/mol. The van der Waals surface area contributed by atoms with E-state index in [-0.39, 0.29) is 5.56 Å². The Hall–Kier alpha value is -1.95. The number of aliphatic hydroxyl groups excluding tert-OH is 1. The minimum atomic E-state index is -3.82. The SMILES string of the molecule is N#Cc1ccccc1CS(=O)(=O)NCC(O)C(=O)O. The molecule has 0 saturated heterocycles. The van der Waals surface area contributed by atoms with E-state index in [0.717, 1.165) is 0 Å². The molecule has 0 amide bonds. The second-order valence-electron chi connectivity index (χ2n) is 3.73. The zero-order valence-corrected chi connectivity index (χ0v) is 10.6. The molecule has 102 valence electrons. The molecular weight excluding hydrogens is 272 g/mol. The molecule has 1 unspecified atom stereocenters. The zero-order chi connectivity index (χ0) is 14.5. The van der Waals surface area contributed by atoms with E-state index in [2.05, 4.69) is 0 Å². The van der Waals surface area contributed by atoms with Crippen molar-refractivity contribution in [3.8, 4) is 6.07 Å². The molecule has 3 N–H and O–H groups in total. The Morgan fingerprint density at radius 3 is 2.63 bits per heavy atom. The van der Waals surface area contributed by atoms with Crippen LogP contribution in [-0.4, -0.2) is 37.2 Å². The number of carbonyl (C=O) groups is 1. The summed E-state index contributed by atoms with van der Waals surface area (Å²) in [6, 6.07) is 8.04. The third-order valence-electron chi connectivity index (χ3n) is 2.26. The molecule has 0 aliphatic rings. The molecular formula is C11H12N2O5S. The summed E-state index contributed by atoms with van der Waals surface area (Å²) in [4.78, 5) is 10.3. The number of rotatable bonds is 6. The quantitative estimate of drug-likeness (QED) is 0.641. The van der Waals surface area contributed by atoms with Gasteiger partial charge in [-0.2, -0.15) is 5.26 Å². The van der Waals surface area contributed by atoms with Crippen LogP contribution in [0.3, 0.4) is 0 Å². The Bertz CT molecular complexity index is 606. The van der Waals surface area contributed by atoms with Gasteiger partial charge < -0.3 is 10.2 Å². The van der Waals surface area contributed by atoms with E-state index in [0.29, 0.717) is 5.56 Å². The van der Waals surface area contributed by atoms with Crippen LogP contribution in [0.15, 0.2) is 24.3 Å². The van der Waals surface area contributed by atoms with Crippen molar-refractivity contribution in [3.63, 3.8) is 0 Å². The molecule has 0 heterocycles. The number of hydrogen-bond acceptors (Lipinski definition) is 5. The van der Waals surface area contributed by atoms with Crippen LogP contribution in [0.25, 0.3) is 0 Å². The van der Waals surface area contributed by atoms with Gasteiger partial charge in [-0.1, -0.05) is 18.2 Å². The van der Waals surface area contributed by atoms with E-state index in [9.17, 15) is 13.2 Å². The lowest BCUT2D eigenvalue weighted by atomic mass is 10.1. The van der Waals surface area contributed by atoms with Crippen LogP contribution in [0.1, 0.15) is 11.1 Å². The summed E-state index contributed by atoms with van der Waals surface area (Å²) < 4.78 is 25.3. The van der Waals surface area contributed by atoms with E-state index in [1.807, 2.05) is 10.8 Å². The fourth-order valence-electron chi connectivity index (χ4n) is 1.30. The van der Waals surface area contributed by atoms with Crippen molar-refractivity contribution < 1.29 is 23.4 Å². The molecule has 0 radical (unpaired) electrons. The molecule has 0 bridgehead atoms. The number of aliphatic hydroxyl groups is 1. The second-order valence-corrected chi connectivity index (χ2v) is 5.54. The highest BCUT2D eigenvalue weighted by molar-refractivity contribution is 7.88. The van der Waals surface area contributed by atoms with Gasteiger partial charge >= 0.3 is 5.97 Å². The van der Waals surface area contributed by atoms with Gasteiger partial charge in [0, 0.05) is 6.54 Å². The number of nitrogens with one attached hydrogen (secondary N) is 1. The van der Waals surface area contributed by atoms with E-state index in [1.54, 1.807) is 12.1 Å². The predicted octanol–water partition coefficient (Wildman–Crippen LogP) is -0.577. The summed E-state index contributed by atoms with van der Waals surface area (Å²) >= 11 is 0. The molecule has 1 rings (SSSR count). The maximum atomic E-state index is 11.7. The van der Waals surface area contributed by atoms with Crippen molar-refractivity contribution in [1.29, 1.82) is 5.26 Å². The summed E-state index contributed by atoms with van der Waals surface area (Å²) in [5.74, 6) is -1.97. The summed E-state index contributed by atoms with van der Waals surface area (Å²) in [6.45, 7) is -0.619. The summed E-state index contributed by atoms with van der Waals surface area (Å²) in [6.07, 6.45) is -1.80. The molecule has 8 heteroatoms. The summed E-state index contributed by atoms with van der Waals surface area (Å²) in [5, 5.41) is 26.2. The van der Waals surface area contributed by atoms with Crippen LogP contribution >= 0.6 is 0 Å². The Kier molecular flexibility index (Phi) is 5.00. The van der Waals surface area contributed by atoms with Crippen LogP contribution < -0.4 is 4.72 Å². The average Bonchev–Trinajstić information content (AvgIpc) is 2.36. The Balaban J connectivity index is 2.75.